The Labute approximate surface area is 138 Å². The largest absolute Gasteiger partial charge is 0.493 e. The molecule has 126 valence electrons. The third-order valence-electron chi connectivity index (χ3n) is 4.68. The molecule has 2 heterocycles. The van der Waals surface area contributed by atoms with Crippen molar-refractivity contribution in [2.45, 2.75) is 19.8 Å². The lowest BCUT2D eigenvalue weighted by atomic mass is 9.96. The van der Waals surface area contributed by atoms with Gasteiger partial charge in [0.05, 0.1) is 13.2 Å². The quantitative estimate of drug-likeness (QED) is 0.858. The summed E-state index contributed by atoms with van der Waals surface area (Å²) in [6.45, 7) is 7.55. The molecule has 5 nitrogen and oxygen atoms in total. The number of piperazine rings is 1. The first-order valence-corrected chi connectivity index (χ1v) is 8.61. The van der Waals surface area contributed by atoms with Crippen molar-refractivity contribution in [2.24, 2.45) is 5.92 Å². The zero-order chi connectivity index (χ0) is 16.1. The first kappa shape index (κ1) is 16.1. The minimum absolute atomic E-state index is 0.177. The highest BCUT2D eigenvalue weighted by atomic mass is 16.6. The molecule has 0 N–H and O–H groups in total. The molecule has 0 radical (unpaired) electrons. The summed E-state index contributed by atoms with van der Waals surface area (Å²) in [6.07, 6.45) is 1.99. The Kier molecular flexibility index (Phi) is 5.39. The number of benzene rings is 1. The van der Waals surface area contributed by atoms with E-state index in [0.29, 0.717) is 12.5 Å². The van der Waals surface area contributed by atoms with Crippen LogP contribution in [0.15, 0.2) is 24.3 Å². The molecule has 1 fully saturated rings. The van der Waals surface area contributed by atoms with E-state index < -0.39 is 0 Å². The minimum Gasteiger partial charge on any atom is -0.493 e. The molecule has 0 unspecified atom stereocenters. The summed E-state index contributed by atoms with van der Waals surface area (Å²) in [5, 5.41) is 0. The lowest BCUT2D eigenvalue weighted by Crippen LogP contribution is -2.50. The number of ether oxygens (including phenoxy) is 2. The average Bonchev–Trinajstić information content (AvgIpc) is 2.77. The predicted octanol–water partition coefficient (Wildman–Crippen LogP) is 2.40. The Hall–Kier alpha value is -1.75. The normalized spacial score (nSPS) is 22.0. The number of carbonyl (C=O) groups excluding carboxylic acids is 1. The molecule has 5 heteroatoms. The van der Waals surface area contributed by atoms with Gasteiger partial charge in [0.2, 0.25) is 0 Å². The van der Waals surface area contributed by atoms with Gasteiger partial charge in [-0.3, -0.25) is 4.90 Å². The van der Waals surface area contributed by atoms with Crippen LogP contribution in [0.3, 0.4) is 0 Å². The highest BCUT2D eigenvalue weighted by Crippen LogP contribution is 2.27. The predicted molar refractivity (Wildman–Crippen MR) is 88.8 cm³/mol. The molecule has 0 saturated carbocycles. The van der Waals surface area contributed by atoms with Crippen molar-refractivity contribution >= 4 is 6.09 Å². The van der Waals surface area contributed by atoms with Crippen molar-refractivity contribution in [1.29, 1.82) is 0 Å². The second kappa shape index (κ2) is 7.68. The molecule has 1 aromatic carbocycles. The summed E-state index contributed by atoms with van der Waals surface area (Å²) >= 11 is 0. The minimum atomic E-state index is -0.177. The molecule has 0 aromatic heterocycles. The van der Waals surface area contributed by atoms with Gasteiger partial charge >= 0.3 is 6.09 Å². The van der Waals surface area contributed by atoms with Crippen LogP contribution >= 0.6 is 0 Å². The fraction of sp³-hybridized carbons (Fsp3) is 0.611. The molecule has 2 aliphatic heterocycles. The standard InChI is InChI=1S/C18H26N2O3/c1-2-22-18(21)20-10-8-19(9-11-20)14-15-7-12-23-17-6-4-3-5-16(17)13-15/h3-6,15H,2,7-14H2,1H3/t15-/m0/s1. The van der Waals surface area contributed by atoms with Crippen LogP contribution in [0.1, 0.15) is 18.9 Å². The number of hydrogen-bond donors (Lipinski definition) is 0. The van der Waals surface area contributed by atoms with E-state index in [1.165, 1.54) is 5.56 Å². The zero-order valence-electron chi connectivity index (χ0n) is 13.9. The van der Waals surface area contributed by atoms with Crippen LogP contribution in [0, 0.1) is 5.92 Å². The van der Waals surface area contributed by atoms with E-state index in [1.807, 2.05) is 17.9 Å². The fourth-order valence-corrected chi connectivity index (χ4v) is 3.41. The number of amides is 1. The van der Waals surface area contributed by atoms with Crippen molar-refractivity contribution in [1.82, 2.24) is 9.80 Å². The van der Waals surface area contributed by atoms with Gasteiger partial charge in [0, 0.05) is 32.7 Å². The molecule has 1 amide bonds. The summed E-state index contributed by atoms with van der Waals surface area (Å²) in [5.74, 6) is 1.66. The maximum Gasteiger partial charge on any atom is 0.409 e. The second-order valence-corrected chi connectivity index (χ2v) is 6.30. The summed E-state index contributed by atoms with van der Waals surface area (Å²) in [6, 6.07) is 8.36. The van der Waals surface area contributed by atoms with Crippen LogP contribution in [0.2, 0.25) is 0 Å². The van der Waals surface area contributed by atoms with Crippen molar-refractivity contribution < 1.29 is 14.3 Å². The average molecular weight is 318 g/mol. The van der Waals surface area contributed by atoms with E-state index in [1.54, 1.807) is 0 Å². The Morgan fingerprint density at radius 2 is 2.04 bits per heavy atom. The SMILES string of the molecule is CCOC(=O)N1CCN(C[C@H]2CCOc3ccccc3C2)CC1. The number of carbonyl (C=O) groups is 1. The van der Waals surface area contributed by atoms with Crippen LogP contribution in [-0.2, 0) is 11.2 Å². The van der Waals surface area contributed by atoms with E-state index >= 15 is 0 Å². The van der Waals surface area contributed by atoms with E-state index in [9.17, 15) is 4.79 Å². The molecule has 2 aliphatic rings. The highest BCUT2D eigenvalue weighted by molar-refractivity contribution is 5.67. The molecule has 1 saturated heterocycles. The van der Waals surface area contributed by atoms with Gasteiger partial charge in [0.25, 0.3) is 0 Å². The van der Waals surface area contributed by atoms with Crippen molar-refractivity contribution in [2.75, 3.05) is 45.9 Å². The second-order valence-electron chi connectivity index (χ2n) is 6.30. The monoisotopic (exact) mass is 318 g/mol. The van der Waals surface area contributed by atoms with E-state index in [4.69, 9.17) is 9.47 Å². The van der Waals surface area contributed by atoms with Crippen molar-refractivity contribution in [3.05, 3.63) is 29.8 Å². The molecule has 0 bridgehead atoms. The lowest BCUT2D eigenvalue weighted by molar-refractivity contribution is 0.0743. The van der Waals surface area contributed by atoms with Gasteiger partial charge < -0.3 is 14.4 Å². The molecular weight excluding hydrogens is 292 g/mol. The van der Waals surface area contributed by atoms with Gasteiger partial charge in [0.1, 0.15) is 5.75 Å². The van der Waals surface area contributed by atoms with Gasteiger partial charge in [-0.1, -0.05) is 18.2 Å². The zero-order valence-corrected chi connectivity index (χ0v) is 13.9. The summed E-state index contributed by atoms with van der Waals surface area (Å²) < 4.78 is 10.9. The third kappa shape index (κ3) is 4.16. The van der Waals surface area contributed by atoms with E-state index in [0.717, 1.165) is 57.9 Å². The first-order valence-electron chi connectivity index (χ1n) is 8.61. The fourth-order valence-electron chi connectivity index (χ4n) is 3.41. The molecular formula is C18H26N2O3. The van der Waals surface area contributed by atoms with Crippen LogP contribution in [0.25, 0.3) is 0 Å². The van der Waals surface area contributed by atoms with E-state index in [-0.39, 0.29) is 6.09 Å². The van der Waals surface area contributed by atoms with Gasteiger partial charge in [0.15, 0.2) is 0 Å². The van der Waals surface area contributed by atoms with Gasteiger partial charge in [-0.15, -0.1) is 0 Å². The summed E-state index contributed by atoms with van der Waals surface area (Å²) in [4.78, 5) is 16.0. The summed E-state index contributed by atoms with van der Waals surface area (Å²) in [5.41, 5.74) is 1.32. The lowest BCUT2D eigenvalue weighted by Gasteiger charge is -2.35. The van der Waals surface area contributed by atoms with Crippen molar-refractivity contribution in [3.8, 4) is 5.75 Å². The van der Waals surface area contributed by atoms with Crippen molar-refractivity contribution in [3.63, 3.8) is 0 Å². The Morgan fingerprint density at radius 3 is 2.83 bits per heavy atom. The number of hydrogen-bond acceptors (Lipinski definition) is 4. The maximum atomic E-state index is 11.7. The molecule has 3 rings (SSSR count). The Balaban J connectivity index is 1.50. The first-order chi connectivity index (χ1) is 11.3. The topological polar surface area (TPSA) is 42.0 Å². The van der Waals surface area contributed by atoms with Gasteiger partial charge in [-0.05, 0) is 37.3 Å². The van der Waals surface area contributed by atoms with Crippen LogP contribution in [-0.4, -0.2) is 61.8 Å². The number of rotatable bonds is 3. The molecule has 0 spiro atoms. The smallest absolute Gasteiger partial charge is 0.409 e. The number of fused-ring (bicyclic) bond motifs is 1. The Bertz CT molecular complexity index is 527. The third-order valence-corrected chi connectivity index (χ3v) is 4.68. The molecule has 23 heavy (non-hydrogen) atoms. The van der Waals surface area contributed by atoms with Crippen LogP contribution in [0.4, 0.5) is 4.79 Å². The number of nitrogens with zero attached hydrogens (tertiary/aromatic N) is 2. The molecule has 0 aliphatic carbocycles. The molecule has 1 atom stereocenters. The van der Waals surface area contributed by atoms with Gasteiger partial charge in [-0.2, -0.15) is 0 Å². The van der Waals surface area contributed by atoms with Crippen LogP contribution in [0.5, 0.6) is 5.75 Å². The van der Waals surface area contributed by atoms with E-state index in [2.05, 4.69) is 23.1 Å². The van der Waals surface area contributed by atoms with Gasteiger partial charge in [-0.25, -0.2) is 4.79 Å². The Morgan fingerprint density at radius 1 is 1.26 bits per heavy atom. The van der Waals surface area contributed by atoms with Crippen LogP contribution < -0.4 is 4.74 Å². The number of para-hydroxylation sites is 1. The maximum absolute atomic E-state index is 11.7. The molecule has 1 aromatic rings. The highest BCUT2D eigenvalue weighted by Gasteiger charge is 2.25. The summed E-state index contributed by atoms with van der Waals surface area (Å²) in [7, 11) is 0.